The Hall–Kier alpha value is -1.50. The minimum atomic E-state index is 1.29. The molecule has 0 saturated carbocycles. The van der Waals surface area contributed by atoms with Crippen LogP contribution in [0.15, 0.2) is 30.3 Å². The Morgan fingerprint density at radius 1 is 0.800 bits per heavy atom. The average molecular weight is 199 g/mol. The van der Waals surface area contributed by atoms with E-state index >= 15 is 0 Å². The normalized spacial score (nSPS) is 10.7. The van der Waals surface area contributed by atoms with E-state index in [4.69, 9.17) is 0 Å². The Morgan fingerprint density at radius 3 is 1.93 bits per heavy atom. The van der Waals surface area contributed by atoms with Gasteiger partial charge in [-0.15, -0.1) is 0 Å². The second-order valence-electron chi connectivity index (χ2n) is 4.24. The van der Waals surface area contributed by atoms with Crippen LogP contribution in [0.1, 0.15) is 22.5 Å². The SMILES string of the molecule is Cc1ccc(-n2c(C)ccc2C)c(C)c1. The maximum atomic E-state index is 2.30. The van der Waals surface area contributed by atoms with Gasteiger partial charge in [-0.25, -0.2) is 0 Å². The van der Waals surface area contributed by atoms with E-state index in [1.54, 1.807) is 0 Å². The van der Waals surface area contributed by atoms with Gasteiger partial charge in [-0.05, 0) is 51.5 Å². The van der Waals surface area contributed by atoms with Crippen molar-refractivity contribution in [1.82, 2.24) is 4.57 Å². The van der Waals surface area contributed by atoms with E-state index in [1.807, 2.05) is 0 Å². The summed E-state index contributed by atoms with van der Waals surface area (Å²) < 4.78 is 2.30. The minimum absolute atomic E-state index is 1.29. The van der Waals surface area contributed by atoms with Crippen LogP contribution in [0.2, 0.25) is 0 Å². The lowest BCUT2D eigenvalue weighted by molar-refractivity contribution is 0.954. The van der Waals surface area contributed by atoms with Crippen molar-refractivity contribution >= 4 is 0 Å². The highest BCUT2D eigenvalue weighted by atomic mass is 15.0. The van der Waals surface area contributed by atoms with Crippen molar-refractivity contribution in [2.45, 2.75) is 27.7 Å². The highest BCUT2D eigenvalue weighted by Crippen LogP contribution is 2.20. The fourth-order valence-electron chi connectivity index (χ4n) is 2.10. The third-order valence-electron chi connectivity index (χ3n) is 2.86. The van der Waals surface area contributed by atoms with Gasteiger partial charge in [0.15, 0.2) is 0 Å². The van der Waals surface area contributed by atoms with Gasteiger partial charge in [0, 0.05) is 17.1 Å². The molecule has 0 aliphatic carbocycles. The van der Waals surface area contributed by atoms with E-state index in [0.717, 1.165) is 0 Å². The molecule has 1 heterocycles. The molecule has 2 rings (SSSR count). The Bertz CT molecular complexity index is 473. The molecule has 0 radical (unpaired) electrons. The molecule has 0 amide bonds. The van der Waals surface area contributed by atoms with Crippen LogP contribution in [0, 0.1) is 27.7 Å². The molecule has 0 atom stereocenters. The number of nitrogens with zero attached hydrogens (tertiary/aromatic N) is 1. The van der Waals surface area contributed by atoms with Gasteiger partial charge in [0.1, 0.15) is 0 Å². The fraction of sp³-hybridized carbons (Fsp3) is 0.286. The molecule has 0 aliphatic heterocycles. The molecule has 0 aliphatic rings. The van der Waals surface area contributed by atoms with Gasteiger partial charge < -0.3 is 4.57 Å². The van der Waals surface area contributed by atoms with Crippen LogP contribution < -0.4 is 0 Å². The number of hydrogen-bond acceptors (Lipinski definition) is 0. The molecule has 1 heteroatoms. The van der Waals surface area contributed by atoms with Crippen LogP contribution in [0.25, 0.3) is 5.69 Å². The standard InChI is InChI=1S/C14H17N/c1-10-5-8-14(11(2)9-10)15-12(3)6-7-13(15)4/h5-9H,1-4H3. The zero-order valence-corrected chi connectivity index (χ0v) is 9.83. The first-order valence-corrected chi connectivity index (χ1v) is 5.32. The van der Waals surface area contributed by atoms with Crippen LogP contribution >= 0.6 is 0 Å². The zero-order chi connectivity index (χ0) is 11.0. The molecule has 0 N–H and O–H groups in total. The third kappa shape index (κ3) is 1.70. The van der Waals surface area contributed by atoms with E-state index in [9.17, 15) is 0 Å². The summed E-state index contributed by atoms with van der Waals surface area (Å²) in [6.07, 6.45) is 0. The smallest absolute Gasteiger partial charge is 0.0484 e. The second kappa shape index (κ2) is 3.58. The third-order valence-corrected chi connectivity index (χ3v) is 2.86. The van der Waals surface area contributed by atoms with Gasteiger partial charge in [0.2, 0.25) is 0 Å². The summed E-state index contributed by atoms with van der Waals surface area (Å²) in [6.45, 7) is 8.59. The van der Waals surface area contributed by atoms with Gasteiger partial charge in [0.05, 0.1) is 0 Å². The van der Waals surface area contributed by atoms with E-state index in [1.165, 1.54) is 28.2 Å². The quantitative estimate of drug-likeness (QED) is 0.659. The zero-order valence-electron chi connectivity index (χ0n) is 9.83. The Morgan fingerprint density at radius 2 is 1.40 bits per heavy atom. The highest BCUT2D eigenvalue weighted by Gasteiger charge is 2.05. The van der Waals surface area contributed by atoms with Gasteiger partial charge in [-0.3, -0.25) is 0 Å². The molecule has 0 bridgehead atoms. The molecule has 0 unspecified atom stereocenters. The molecule has 2 aromatic rings. The molecular formula is C14H17N. The lowest BCUT2D eigenvalue weighted by Gasteiger charge is -2.13. The van der Waals surface area contributed by atoms with Crippen molar-refractivity contribution in [1.29, 1.82) is 0 Å². The average Bonchev–Trinajstić information content (AvgIpc) is 2.48. The van der Waals surface area contributed by atoms with E-state index in [-0.39, 0.29) is 0 Å². The predicted octanol–water partition coefficient (Wildman–Crippen LogP) is 3.71. The lowest BCUT2D eigenvalue weighted by Crippen LogP contribution is -2.01. The number of aryl methyl sites for hydroxylation is 4. The molecule has 0 fully saturated rings. The Balaban J connectivity index is 2.64. The number of aromatic nitrogens is 1. The van der Waals surface area contributed by atoms with Crippen molar-refractivity contribution in [3.05, 3.63) is 52.8 Å². The van der Waals surface area contributed by atoms with Crippen molar-refractivity contribution in [2.24, 2.45) is 0 Å². The monoisotopic (exact) mass is 199 g/mol. The summed E-state index contributed by atoms with van der Waals surface area (Å²) in [6, 6.07) is 10.9. The summed E-state index contributed by atoms with van der Waals surface area (Å²) in [5, 5.41) is 0. The number of benzene rings is 1. The van der Waals surface area contributed by atoms with Crippen molar-refractivity contribution < 1.29 is 0 Å². The molecule has 0 spiro atoms. The van der Waals surface area contributed by atoms with Crippen LogP contribution in [-0.2, 0) is 0 Å². The predicted molar refractivity (Wildman–Crippen MR) is 64.7 cm³/mol. The molecule has 1 aromatic carbocycles. The highest BCUT2D eigenvalue weighted by molar-refractivity contribution is 5.45. The lowest BCUT2D eigenvalue weighted by atomic mass is 10.1. The number of rotatable bonds is 1. The summed E-state index contributed by atoms with van der Waals surface area (Å²) >= 11 is 0. The van der Waals surface area contributed by atoms with Gasteiger partial charge in [-0.1, -0.05) is 17.7 Å². The molecule has 15 heavy (non-hydrogen) atoms. The Labute approximate surface area is 91.4 Å². The van der Waals surface area contributed by atoms with Crippen molar-refractivity contribution in [3.63, 3.8) is 0 Å². The van der Waals surface area contributed by atoms with Crippen LogP contribution in [0.5, 0.6) is 0 Å². The first-order chi connectivity index (χ1) is 7.09. The first kappa shape index (κ1) is 10.0. The molecule has 1 nitrogen and oxygen atoms in total. The van der Waals surface area contributed by atoms with Gasteiger partial charge >= 0.3 is 0 Å². The maximum Gasteiger partial charge on any atom is 0.0484 e. The molecule has 1 aromatic heterocycles. The summed E-state index contributed by atoms with van der Waals surface area (Å²) in [4.78, 5) is 0. The van der Waals surface area contributed by atoms with Crippen molar-refractivity contribution in [3.8, 4) is 5.69 Å². The minimum Gasteiger partial charge on any atom is -0.318 e. The summed E-state index contributed by atoms with van der Waals surface area (Å²) in [7, 11) is 0. The largest absolute Gasteiger partial charge is 0.318 e. The number of hydrogen-bond donors (Lipinski definition) is 0. The van der Waals surface area contributed by atoms with Gasteiger partial charge in [-0.2, -0.15) is 0 Å². The van der Waals surface area contributed by atoms with Crippen LogP contribution in [0.3, 0.4) is 0 Å². The molecule has 0 saturated heterocycles. The Kier molecular flexibility index (Phi) is 2.39. The summed E-state index contributed by atoms with van der Waals surface area (Å²) in [5.41, 5.74) is 6.52. The van der Waals surface area contributed by atoms with E-state index in [2.05, 4.69) is 62.6 Å². The maximum absolute atomic E-state index is 2.30. The topological polar surface area (TPSA) is 4.93 Å². The van der Waals surface area contributed by atoms with Crippen LogP contribution in [-0.4, -0.2) is 4.57 Å². The van der Waals surface area contributed by atoms with Crippen LogP contribution in [0.4, 0.5) is 0 Å². The van der Waals surface area contributed by atoms with E-state index < -0.39 is 0 Å². The summed E-state index contributed by atoms with van der Waals surface area (Å²) in [5.74, 6) is 0. The molecular weight excluding hydrogens is 182 g/mol. The van der Waals surface area contributed by atoms with E-state index in [0.29, 0.717) is 0 Å². The molecule has 78 valence electrons. The first-order valence-electron chi connectivity index (χ1n) is 5.32. The second-order valence-corrected chi connectivity index (χ2v) is 4.24. The van der Waals surface area contributed by atoms with Crippen molar-refractivity contribution in [2.75, 3.05) is 0 Å². The fourth-order valence-corrected chi connectivity index (χ4v) is 2.10. The van der Waals surface area contributed by atoms with Gasteiger partial charge in [0.25, 0.3) is 0 Å².